The van der Waals surface area contributed by atoms with E-state index in [2.05, 4.69) is 16.8 Å². The van der Waals surface area contributed by atoms with Crippen molar-refractivity contribution in [2.24, 2.45) is 0 Å². The molecule has 228 valence electrons. The van der Waals surface area contributed by atoms with Gasteiger partial charge in [-0.2, -0.15) is 0 Å². The Hall–Kier alpha value is -4.20. The van der Waals surface area contributed by atoms with E-state index in [1.54, 1.807) is 4.90 Å². The van der Waals surface area contributed by atoms with Crippen LogP contribution in [0.5, 0.6) is 11.6 Å². The van der Waals surface area contributed by atoms with Gasteiger partial charge in [-0.15, -0.1) is 0 Å². The fourth-order valence-corrected chi connectivity index (χ4v) is 5.15. The summed E-state index contributed by atoms with van der Waals surface area (Å²) in [6.07, 6.45) is 5.42. The molecule has 0 radical (unpaired) electrons. The Morgan fingerprint density at radius 1 is 1.09 bits per heavy atom. The molecule has 3 heterocycles. The van der Waals surface area contributed by atoms with Crippen molar-refractivity contribution in [3.05, 3.63) is 81.4 Å². The van der Waals surface area contributed by atoms with Crippen molar-refractivity contribution in [2.45, 2.75) is 71.0 Å². The standard InChI is InChI=1S/C33H39N3O7/c1-33(2)41-23-27-19-26(13-14-28(27)43-33)29-21-35(32(39)42-29)15-6-3-4-7-16-40-17-8-5-10-24-11-9-12-25(18-24)20-36-22-30(37)34-31(36)38/h9,11-14,18-19,22,29,37H,3-4,6-8,15-17,20-21,23H2,1-2H3,(H,34,38). The van der Waals surface area contributed by atoms with Crippen LogP contribution in [0.3, 0.4) is 0 Å². The van der Waals surface area contributed by atoms with Crippen molar-refractivity contribution in [3.63, 3.8) is 0 Å². The second-order valence-corrected chi connectivity index (χ2v) is 11.3. The highest BCUT2D eigenvalue weighted by Gasteiger charge is 2.33. The number of nitrogens with zero attached hydrogens (tertiary/aromatic N) is 2. The summed E-state index contributed by atoms with van der Waals surface area (Å²) in [6, 6.07) is 13.6. The molecule has 1 atom stereocenters. The molecule has 10 heteroatoms. The first-order chi connectivity index (χ1) is 20.8. The number of cyclic esters (lactones) is 1. The van der Waals surface area contributed by atoms with Crippen LogP contribution < -0.4 is 10.4 Å². The first kappa shape index (κ1) is 30.3. The van der Waals surface area contributed by atoms with Crippen LogP contribution in [0.4, 0.5) is 4.79 Å². The largest absolute Gasteiger partial charge is 0.493 e. The summed E-state index contributed by atoms with van der Waals surface area (Å²) in [5.41, 5.74) is 3.38. The van der Waals surface area contributed by atoms with Crippen molar-refractivity contribution in [1.29, 1.82) is 0 Å². The molecular weight excluding hydrogens is 550 g/mol. The molecule has 43 heavy (non-hydrogen) atoms. The Bertz CT molecular complexity index is 1530. The highest BCUT2D eigenvalue weighted by molar-refractivity contribution is 5.70. The van der Waals surface area contributed by atoms with Crippen LogP contribution in [0, 0.1) is 11.8 Å². The number of H-pyrrole nitrogens is 1. The van der Waals surface area contributed by atoms with E-state index in [1.165, 1.54) is 10.8 Å². The van der Waals surface area contributed by atoms with Gasteiger partial charge in [-0.3, -0.25) is 9.55 Å². The number of unbranched alkanes of at least 4 members (excludes halogenated alkanes) is 3. The smallest absolute Gasteiger partial charge is 0.410 e. The average Bonchev–Trinajstić information content (AvgIpc) is 3.50. The number of carbonyl (C=O) groups is 1. The fraction of sp³-hybridized carbons (Fsp3) is 0.455. The average molecular weight is 590 g/mol. The van der Waals surface area contributed by atoms with Crippen LogP contribution in [0.1, 0.15) is 74.3 Å². The predicted molar refractivity (Wildman–Crippen MR) is 160 cm³/mol. The number of rotatable bonds is 12. The molecule has 0 saturated carbocycles. The van der Waals surface area contributed by atoms with Crippen LogP contribution in [-0.4, -0.2) is 57.7 Å². The van der Waals surface area contributed by atoms with Crippen molar-refractivity contribution in [2.75, 3.05) is 26.3 Å². The summed E-state index contributed by atoms with van der Waals surface area (Å²) >= 11 is 0. The molecule has 2 aliphatic rings. The lowest BCUT2D eigenvalue weighted by Gasteiger charge is -2.32. The van der Waals surface area contributed by atoms with Crippen LogP contribution in [0.15, 0.2) is 53.5 Å². The minimum atomic E-state index is -0.636. The van der Waals surface area contributed by atoms with Gasteiger partial charge in [0, 0.05) is 44.5 Å². The number of benzene rings is 2. The number of carbonyl (C=O) groups excluding carboxylic acids is 1. The molecule has 0 aliphatic carbocycles. The third-order valence-corrected chi connectivity index (χ3v) is 7.40. The van der Waals surface area contributed by atoms with E-state index in [9.17, 15) is 14.7 Å². The summed E-state index contributed by atoms with van der Waals surface area (Å²) in [7, 11) is 0. The van der Waals surface area contributed by atoms with Crippen molar-refractivity contribution in [3.8, 4) is 23.5 Å². The number of hydrogen-bond donors (Lipinski definition) is 2. The van der Waals surface area contributed by atoms with Crippen molar-refractivity contribution >= 4 is 6.09 Å². The predicted octanol–water partition coefficient (Wildman–Crippen LogP) is 5.09. The number of imidazole rings is 1. The summed E-state index contributed by atoms with van der Waals surface area (Å²) < 4.78 is 24.4. The Morgan fingerprint density at radius 2 is 1.95 bits per heavy atom. The Labute approximate surface area is 251 Å². The summed E-state index contributed by atoms with van der Waals surface area (Å²) in [5.74, 6) is 6.30. The number of aromatic nitrogens is 2. The highest BCUT2D eigenvalue weighted by atomic mass is 16.7. The first-order valence-corrected chi connectivity index (χ1v) is 14.8. The van der Waals surface area contributed by atoms with Gasteiger partial charge in [-0.05, 0) is 48.2 Å². The van der Waals surface area contributed by atoms with E-state index in [0.29, 0.717) is 45.9 Å². The summed E-state index contributed by atoms with van der Waals surface area (Å²) in [4.78, 5) is 28.3. The number of amides is 1. The first-order valence-electron chi connectivity index (χ1n) is 14.8. The minimum absolute atomic E-state index is 0.151. The van der Waals surface area contributed by atoms with Gasteiger partial charge < -0.3 is 29.0 Å². The second kappa shape index (κ2) is 13.8. The van der Waals surface area contributed by atoms with Gasteiger partial charge in [0.25, 0.3) is 0 Å². The molecule has 10 nitrogen and oxygen atoms in total. The lowest BCUT2D eigenvalue weighted by molar-refractivity contribution is -0.180. The number of aromatic amines is 1. The van der Waals surface area contributed by atoms with E-state index in [1.807, 2.05) is 56.3 Å². The van der Waals surface area contributed by atoms with Crippen molar-refractivity contribution in [1.82, 2.24) is 14.5 Å². The topological polar surface area (TPSA) is 115 Å². The molecule has 1 fully saturated rings. The zero-order valence-corrected chi connectivity index (χ0v) is 24.8. The van der Waals surface area contributed by atoms with E-state index in [4.69, 9.17) is 18.9 Å². The van der Waals surface area contributed by atoms with E-state index < -0.39 is 5.79 Å². The Morgan fingerprint density at radius 3 is 2.79 bits per heavy atom. The molecule has 2 aliphatic heterocycles. The molecule has 0 spiro atoms. The lowest BCUT2D eigenvalue weighted by atomic mass is 10.0. The quantitative estimate of drug-likeness (QED) is 0.223. The monoisotopic (exact) mass is 589 g/mol. The lowest BCUT2D eigenvalue weighted by Crippen LogP contribution is -2.35. The number of nitrogens with one attached hydrogen (secondary N) is 1. The van der Waals surface area contributed by atoms with Crippen LogP contribution in [-0.2, 0) is 27.4 Å². The van der Waals surface area contributed by atoms with Crippen molar-refractivity contribution < 1.29 is 28.8 Å². The molecule has 5 rings (SSSR count). The van der Waals surface area contributed by atoms with Gasteiger partial charge in [0.2, 0.25) is 11.7 Å². The van der Waals surface area contributed by atoms with Gasteiger partial charge in [0.1, 0.15) is 11.9 Å². The molecule has 2 aromatic carbocycles. The number of fused-ring (bicyclic) bond motifs is 1. The van der Waals surface area contributed by atoms with Gasteiger partial charge in [0.05, 0.1) is 32.5 Å². The molecule has 2 N–H and O–H groups in total. The number of ether oxygens (including phenoxy) is 4. The third kappa shape index (κ3) is 8.43. The molecule has 1 amide bonds. The van der Waals surface area contributed by atoms with Crippen LogP contribution >= 0.6 is 0 Å². The van der Waals surface area contributed by atoms with Gasteiger partial charge in [-0.1, -0.05) is 42.9 Å². The van der Waals surface area contributed by atoms with Gasteiger partial charge >= 0.3 is 11.8 Å². The van der Waals surface area contributed by atoms with Gasteiger partial charge in [0.15, 0.2) is 0 Å². The molecular formula is C33H39N3O7. The Kier molecular flexibility index (Phi) is 9.75. The normalized spacial score (nSPS) is 17.1. The minimum Gasteiger partial charge on any atom is -0.493 e. The Balaban J connectivity index is 0.929. The molecule has 3 aromatic rings. The van der Waals surface area contributed by atoms with Crippen LogP contribution in [0.25, 0.3) is 0 Å². The second-order valence-electron chi connectivity index (χ2n) is 11.3. The zero-order chi connectivity index (χ0) is 30.2. The van der Waals surface area contributed by atoms with Gasteiger partial charge in [-0.25, -0.2) is 9.59 Å². The molecule has 1 aromatic heterocycles. The molecule has 1 saturated heterocycles. The maximum Gasteiger partial charge on any atom is 0.410 e. The SMILES string of the molecule is CC1(C)OCc2cc(C3CN(CCCCCCOCCC#Cc4cccc(Cn5cc(O)[nH]c5=O)c4)C(=O)O3)ccc2O1. The highest BCUT2D eigenvalue weighted by Crippen LogP contribution is 2.35. The van der Waals surface area contributed by atoms with E-state index >= 15 is 0 Å². The maximum atomic E-state index is 12.4. The third-order valence-electron chi connectivity index (χ3n) is 7.40. The molecule has 1 unspecified atom stereocenters. The maximum absolute atomic E-state index is 12.4. The zero-order valence-electron chi connectivity index (χ0n) is 24.8. The number of hydrogen-bond acceptors (Lipinski definition) is 7. The fourth-order valence-electron chi connectivity index (χ4n) is 5.15. The summed E-state index contributed by atoms with van der Waals surface area (Å²) in [6.45, 7) is 7.11. The number of aromatic hydroxyl groups is 1. The summed E-state index contributed by atoms with van der Waals surface area (Å²) in [5, 5.41) is 9.42. The van der Waals surface area contributed by atoms with Crippen LogP contribution in [0.2, 0.25) is 0 Å². The van der Waals surface area contributed by atoms with E-state index in [-0.39, 0.29) is 23.8 Å². The van der Waals surface area contributed by atoms with E-state index in [0.717, 1.165) is 53.7 Å². The molecule has 0 bridgehead atoms.